The van der Waals surface area contributed by atoms with E-state index in [9.17, 15) is 9.59 Å². The van der Waals surface area contributed by atoms with Crippen LogP contribution in [0, 0.1) is 0 Å². The van der Waals surface area contributed by atoms with E-state index in [4.69, 9.17) is 34.8 Å². The van der Waals surface area contributed by atoms with Gasteiger partial charge in [0.15, 0.2) is 0 Å². The Kier molecular flexibility index (Phi) is 11.2. The molecule has 174 valence electrons. The number of rotatable bonds is 11. The molecule has 0 saturated carbocycles. The second-order valence-corrected chi connectivity index (χ2v) is 10.0. The maximum absolute atomic E-state index is 13.2. The fourth-order valence-electron chi connectivity index (χ4n) is 2.99. The van der Waals surface area contributed by atoms with Crippen LogP contribution in [0.5, 0.6) is 0 Å². The zero-order chi connectivity index (χ0) is 23.7. The molecular weight excluding hydrogens is 487 g/mol. The van der Waals surface area contributed by atoms with Gasteiger partial charge in [0.2, 0.25) is 11.8 Å². The maximum atomic E-state index is 13.2. The summed E-state index contributed by atoms with van der Waals surface area (Å²) in [5.41, 5.74) is 0.642. The molecule has 0 aliphatic rings. The standard InChI is InChI=1S/C24H29Cl3N2O2S/c1-4-16(2)28-24(31)17(3)29(15-20-21(26)7-5-8-22(20)27)23(30)9-6-14-32-19-12-10-18(25)11-13-19/h5,7-8,10-13,16-17H,4,6,9,14-15H2,1-3H3,(H,28,31). The molecule has 0 bridgehead atoms. The highest BCUT2D eigenvalue weighted by atomic mass is 35.5. The average Bonchev–Trinajstić information content (AvgIpc) is 2.77. The van der Waals surface area contributed by atoms with Crippen LogP contribution in [0.15, 0.2) is 47.4 Å². The van der Waals surface area contributed by atoms with Crippen LogP contribution in [0.3, 0.4) is 0 Å². The predicted molar refractivity (Wildman–Crippen MR) is 136 cm³/mol. The highest BCUT2D eigenvalue weighted by molar-refractivity contribution is 7.99. The van der Waals surface area contributed by atoms with Crippen LogP contribution in [0.4, 0.5) is 0 Å². The van der Waals surface area contributed by atoms with E-state index in [0.717, 1.165) is 17.1 Å². The van der Waals surface area contributed by atoms with E-state index in [2.05, 4.69) is 5.32 Å². The van der Waals surface area contributed by atoms with E-state index in [0.29, 0.717) is 33.5 Å². The van der Waals surface area contributed by atoms with Crippen LogP contribution in [0.1, 0.15) is 45.6 Å². The molecule has 0 heterocycles. The molecule has 2 unspecified atom stereocenters. The van der Waals surface area contributed by atoms with Gasteiger partial charge in [-0.2, -0.15) is 0 Å². The molecular formula is C24H29Cl3N2O2S. The third kappa shape index (κ3) is 8.18. The molecule has 1 N–H and O–H groups in total. The zero-order valence-electron chi connectivity index (χ0n) is 18.5. The summed E-state index contributed by atoms with van der Waals surface area (Å²) in [4.78, 5) is 28.6. The first-order valence-corrected chi connectivity index (χ1v) is 12.8. The zero-order valence-corrected chi connectivity index (χ0v) is 21.6. The number of thioether (sulfide) groups is 1. The molecule has 0 aliphatic carbocycles. The summed E-state index contributed by atoms with van der Waals surface area (Å²) in [5, 5.41) is 4.61. The molecule has 0 spiro atoms. The van der Waals surface area contributed by atoms with E-state index in [1.807, 2.05) is 38.1 Å². The van der Waals surface area contributed by atoms with Crippen LogP contribution in [-0.2, 0) is 16.1 Å². The minimum absolute atomic E-state index is 0.0292. The quantitative estimate of drug-likeness (QED) is 0.263. The molecule has 0 aliphatic heterocycles. The third-order valence-corrected chi connectivity index (χ3v) is 7.23. The first-order valence-electron chi connectivity index (χ1n) is 10.6. The van der Waals surface area contributed by atoms with Crippen LogP contribution in [0.25, 0.3) is 0 Å². The lowest BCUT2D eigenvalue weighted by Gasteiger charge is -2.30. The molecule has 2 aromatic rings. The largest absolute Gasteiger partial charge is 0.352 e. The lowest BCUT2D eigenvalue weighted by Crippen LogP contribution is -2.49. The highest BCUT2D eigenvalue weighted by Crippen LogP contribution is 2.27. The van der Waals surface area contributed by atoms with Crippen LogP contribution < -0.4 is 5.32 Å². The van der Waals surface area contributed by atoms with Crippen molar-refractivity contribution in [3.63, 3.8) is 0 Å². The summed E-state index contributed by atoms with van der Waals surface area (Å²) in [5.74, 6) is 0.484. The first-order chi connectivity index (χ1) is 15.2. The third-order valence-electron chi connectivity index (χ3n) is 5.18. The number of nitrogens with one attached hydrogen (secondary N) is 1. The van der Waals surface area contributed by atoms with Gasteiger partial charge in [-0.05, 0) is 68.8 Å². The fraction of sp³-hybridized carbons (Fsp3) is 0.417. The first kappa shape index (κ1) is 26.8. The van der Waals surface area contributed by atoms with Crippen LogP contribution >= 0.6 is 46.6 Å². The number of halogens is 3. The van der Waals surface area contributed by atoms with Crippen molar-refractivity contribution in [2.24, 2.45) is 0 Å². The Morgan fingerprint density at radius 3 is 2.25 bits per heavy atom. The molecule has 2 amide bonds. The van der Waals surface area contributed by atoms with Crippen molar-refractivity contribution in [3.05, 3.63) is 63.1 Å². The Morgan fingerprint density at radius 1 is 1.03 bits per heavy atom. The molecule has 4 nitrogen and oxygen atoms in total. The monoisotopic (exact) mass is 514 g/mol. The summed E-state index contributed by atoms with van der Waals surface area (Å²) in [6.45, 7) is 5.86. The molecule has 0 aromatic heterocycles. The van der Waals surface area contributed by atoms with Gasteiger partial charge in [-0.3, -0.25) is 9.59 Å². The summed E-state index contributed by atoms with van der Waals surface area (Å²) in [7, 11) is 0. The van der Waals surface area contributed by atoms with Crippen molar-refractivity contribution in [1.82, 2.24) is 10.2 Å². The summed E-state index contributed by atoms with van der Waals surface area (Å²) in [6, 6.07) is 12.2. The van der Waals surface area contributed by atoms with Crippen LogP contribution in [-0.4, -0.2) is 34.6 Å². The summed E-state index contributed by atoms with van der Waals surface area (Å²) >= 11 is 20.3. The maximum Gasteiger partial charge on any atom is 0.242 e. The minimum atomic E-state index is -0.646. The van der Waals surface area contributed by atoms with E-state index in [1.54, 1.807) is 41.8 Å². The second kappa shape index (κ2) is 13.3. The number of hydrogen-bond donors (Lipinski definition) is 1. The fourth-order valence-corrected chi connectivity index (χ4v) is 4.49. The van der Waals surface area contributed by atoms with Crippen molar-refractivity contribution < 1.29 is 9.59 Å². The topological polar surface area (TPSA) is 49.4 Å². The summed E-state index contributed by atoms with van der Waals surface area (Å²) < 4.78 is 0. The Morgan fingerprint density at radius 2 is 1.66 bits per heavy atom. The molecule has 8 heteroatoms. The number of amides is 2. The van der Waals surface area contributed by atoms with E-state index >= 15 is 0 Å². The van der Waals surface area contributed by atoms with Crippen molar-refractivity contribution in [2.75, 3.05) is 5.75 Å². The molecule has 32 heavy (non-hydrogen) atoms. The number of carbonyl (C=O) groups excluding carboxylic acids is 2. The van der Waals surface area contributed by atoms with Gasteiger partial charge in [0.05, 0.1) is 0 Å². The van der Waals surface area contributed by atoms with Crippen molar-refractivity contribution in [1.29, 1.82) is 0 Å². The molecule has 0 fully saturated rings. The Labute approximate surface area is 210 Å². The van der Waals surface area contributed by atoms with Crippen molar-refractivity contribution in [2.45, 2.75) is 63.6 Å². The Balaban J connectivity index is 2.07. The highest BCUT2D eigenvalue weighted by Gasteiger charge is 2.27. The van der Waals surface area contributed by atoms with Gasteiger partial charge in [0.1, 0.15) is 6.04 Å². The van der Waals surface area contributed by atoms with Gasteiger partial charge >= 0.3 is 0 Å². The molecule has 2 aromatic carbocycles. The smallest absolute Gasteiger partial charge is 0.242 e. The van der Waals surface area contributed by atoms with E-state index in [-0.39, 0.29) is 24.4 Å². The number of benzene rings is 2. The SMILES string of the molecule is CCC(C)NC(=O)C(C)N(Cc1c(Cl)cccc1Cl)C(=O)CCCSc1ccc(Cl)cc1. The molecule has 2 rings (SSSR count). The van der Waals surface area contributed by atoms with Gasteiger partial charge in [0.25, 0.3) is 0 Å². The lowest BCUT2D eigenvalue weighted by atomic mass is 10.1. The predicted octanol–water partition coefficient (Wildman–Crippen LogP) is 6.85. The van der Waals surface area contributed by atoms with Crippen LogP contribution in [0.2, 0.25) is 15.1 Å². The van der Waals surface area contributed by atoms with Gasteiger partial charge in [-0.25, -0.2) is 0 Å². The van der Waals surface area contributed by atoms with E-state index < -0.39 is 6.04 Å². The molecule has 2 atom stereocenters. The van der Waals surface area contributed by atoms with Gasteiger partial charge in [-0.1, -0.05) is 47.8 Å². The van der Waals surface area contributed by atoms with Gasteiger partial charge < -0.3 is 10.2 Å². The second-order valence-electron chi connectivity index (χ2n) is 7.62. The number of nitrogens with zero attached hydrogens (tertiary/aromatic N) is 1. The molecule has 0 radical (unpaired) electrons. The van der Waals surface area contributed by atoms with E-state index in [1.165, 1.54) is 0 Å². The number of hydrogen-bond acceptors (Lipinski definition) is 3. The molecule has 0 saturated heterocycles. The number of carbonyl (C=O) groups is 2. The van der Waals surface area contributed by atoms with Gasteiger partial charge in [-0.15, -0.1) is 11.8 Å². The average molecular weight is 516 g/mol. The normalized spacial score (nSPS) is 12.8. The minimum Gasteiger partial charge on any atom is -0.352 e. The Hall–Kier alpha value is -1.40. The van der Waals surface area contributed by atoms with Crippen molar-refractivity contribution >= 4 is 58.4 Å². The Bertz CT molecular complexity index is 888. The lowest BCUT2D eigenvalue weighted by molar-refractivity contribution is -0.140. The van der Waals surface area contributed by atoms with Gasteiger partial charge in [0, 0.05) is 44.5 Å². The van der Waals surface area contributed by atoms with Crippen molar-refractivity contribution in [3.8, 4) is 0 Å². The summed E-state index contributed by atoms with van der Waals surface area (Å²) in [6.07, 6.45) is 1.81.